The summed E-state index contributed by atoms with van der Waals surface area (Å²) in [5.41, 5.74) is 2.02. The van der Waals surface area contributed by atoms with E-state index in [1.807, 2.05) is 56.6 Å². The minimum atomic E-state index is 0.0138. The molecule has 2 rings (SSSR count). The van der Waals surface area contributed by atoms with Crippen molar-refractivity contribution in [1.82, 2.24) is 10.2 Å². The number of hydrogen-bond donors (Lipinski definition) is 1. The van der Waals surface area contributed by atoms with E-state index in [2.05, 4.69) is 22.3 Å². The molecule has 0 radical (unpaired) electrons. The predicted octanol–water partition coefficient (Wildman–Crippen LogP) is 3.66. The van der Waals surface area contributed by atoms with Crippen LogP contribution in [0.4, 0.5) is 0 Å². The summed E-state index contributed by atoms with van der Waals surface area (Å²) >= 11 is 1.70. The normalized spacial score (nSPS) is 10.7. The molecule has 0 unspecified atom stereocenters. The van der Waals surface area contributed by atoms with E-state index in [-0.39, 0.29) is 5.91 Å². The summed E-state index contributed by atoms with van der Waals surface area (Å²) in [7, 11) is 4.08. The second-order valence-electron chi connectivity index (χ2n) is 5.68. The Labute approximate surface area is 143 Å². The van der Waals surface area contributed by atoms with Crippen LogP contribution in [0.5, 0.6) is 0 Å². The summed E-state index contributed by atoms with van der Waals surface area (Å²) in [6.07, 6.45) is 0.956. The van der Waals surface area contributed by atoms with E-state index >= 15 is 0 Å². The SMILES string of the molecule is CN(C)CCCNC(=O)c1ccccc1SCc1ccccc1. The van der Waals surface area contributed by atoms with Crippen molar-refractivity contribution in [3.63, 3.8) is 0 Å². The summed E-state index contributed by atoms with van der Waals surface area (Å²) in [6.45, 7) is 1.68. The van der Waals surface area contributed by atoms with E-state index in [0.717, 1.165) is 29.2 Å². The van der Waals surface area contributed by atoms with E-state index in [1.54, 1.807) is 11.8 Å². The van der Waals surface area contributed by atoms with Gasteiger partial charge in [-0.25, -0.2) is 0 Å². The van der Waals surface area contributed by atoms with Crippen molar-refractivity contribution in [1.29, 1.82) is 0 Å². The summed E-state index contributed by atoms with van der Waals surface area (Å²) in [4.78, 5) is 15.5. The molecule has 1 N–H and O–H groups in total. The molecule has 0 spiro atoms. The Morgan fingerprint density at radius 3 is 2.48 bits per heavy atom. The van der Waals surface area contributed by atoms with Crippen molar-refractivity contribution in [3.8, 4) is 0 Å². The van der Waals surface area contributed by atoms with Gasteiger partial charge in [0, 0.05) is 17.2 Å². The van der Waals surface area contributed by atoms with E-state index in [9.17, 15) is 4.79 Å². The third kappa shape index (κ3) is 6.08. The summed E-state index contributed by atoms with van der Waals surface area (Å²) < 4.78 is 0. The molecule has 0 atom stereocenters. The van der Waals surface area contributed by atoms with Gasteiger partial charge in [-0.15, -0.1) is 11.8 Å². The van der Waals surface area contributed by atoms with E-state index in [1.165, 1.54) is 5.56 Å². The Morgan fingerprint density at radius 2 is 1.74 bits per heavy atom. The molecule has 1 amide bonds. The van der Waals surface area contributed by atoms with Crippen LogP contribution in [0.25, 0.3) is 0 Å². The number of thioether (sulfide) groups is 1. The van der Waals surface area contributed by atoms with Crippen LogP contribution in [0.3, 0.4) is 0 Å². The lowest BCUT2D eigenvalue weighted by atomic mass is 10.2. The van der Waals surface area contributed by atoms with Crippen molar-refractivity contribution >= 4 is 17.7 Å². The number of carbonyl (C=O) groups is 1. The molecular weight excluding hydrogens is 304 g/mol. The topological polar surface area (TPSA) is 32.3 Å². The number of rotatable bonds is 8. The van der Waals surface area contributed by atoms with E-state index in [0.29, 0.717) is 6.54 Å². The molecule has 0 aliphatic carbocycles. The second-order valence-corrected chi connectivity index (χ2v) is 6.70. The van der Waals surface area contributed by atoms with Crippen LogP contribution in [-0.4, -0.2) is 38.0 Å². The van der Waals surface area contributed by atoms with Gasteiger partial charge in [-0.2, -0.15) is 0 Å². The molecule has 0 saturated carbocycles. The Balaban J connectivity index is 1.92. The monoisotopic (exact) mass is 328 g/mol. The number of hydrogen-bond acceptors (Lipinski definition) is 3. The lowest BCUT2D eigenvalue weighted by molar-refractivity contribution is 0.0949. The number of benzene rings is 2. The standard InChI is InChI=1S/C19H24N2OS/c1-21(2)14-8-13-20-19(22)17-11-6-7-12-18(17)23-15-16-9-4-3-5-10-16/h3-7,9-12H,8,13-15H2,1-2H3,(H,20,22). The summed E-state index contributed by atoms with van der Waals surface area (Å²) in [6, 6.07) is 18.1. The molecule has 0 aliphatic rings. The van der Waals surface area contributed by atoms with Gasteiger partial charge in [0.1, 0.15) is 0 Å². The van der Waals surface area contributed by atoms with Crippen LogP contribution in [-0.2, 0) is 5.75 Å². The highest BCUT2D eigenvalue weighted by molar-refractivity contribution is 7.98. The van der Waals surface area contributed by atoms with Crippen molar-refractivity contribution in [2.45, 2.75) is 17.1 Å². The quantitative estimate of drug-likeness (QED) is 0.593. The molecule has 2 aromatic carbocycles. The van der Waals surface area contributed by atoms with E-state index in [4.69, 9.17) is 0 Å². The van der Waals surface area contributed by atoms with Crippen molar-refractivity contribution in [2.24, 2.45) is 0 Å². The van der Waals surface area contributed by atoms with Gasteiger partial charge >= 0.3 is 0 Å². The van der Waals surface area contributed by atoms with Crippen LogP contribution >= 0.6 is 11.8 Å². The van der Waals surface area contributed by atoms with Crippen molar-refractivity contribution in [3.05, 3.63) is 65.7 Å². The number of nitrogens with one attached hydrogen (secondary N) is 1. The molecule has 0 bridgehead atoms. The van der Waals surface area contributed by atoms with Crippen LogP contribution in [0.1, 0.15) is 22.3 Å². The maximum atomic E-state index is 12.4. The Morgan fingerprint density at radius 1 is 1.04 bits per heavy atom. The average molecular weight is 328 g/mol. The smallest absolute Gasteiger partial charge is 0.252 e. The molecular formula is C19H24N2OS. The number of carbonyl (C=O) groups excluding carboxylic acids is 1. The van der Waals surface area contributed by atoms with Gasteiger partial charge in [0.2, 0.25) is 0 Å². The minimum absolute atomic E-state index is 0.0138. The summed E-state index contributed by atoms with van der Waals surface area (Å²) in [5, 5.41) is 3.01. The van der Waals surface area contributed by atoms with Crippen LogP contribution < -0.4 is 5.32 Å². The first-order valence-electron chi connectivity index (χ1n) is 7.85. The first-order valence-corrected chi connectivity index (χ1v) is 8.84. The fraction of sp³-hybridized carbons (Fsp3) is 0.316. The first-order chi connectivity index (χ1) is 11.2. The fourth-order valence-electron chi connectivity index (χ4n) is 2.21. The first kappa shape index (κ1) is 17.6. The minimum Gasteiger partial charge on any atom is -0.352 e. The Kier molecular flexibility index (Phi) is 7.17. The largest absolute Gasteiger partial charge is 0.352 e. The van der Waals surface area contributed by atoms with Gasteiger partial charge in [-0.3, -0.25) is 4.79 Å². The highest BCUT2D eigenvalue weighted by Gasteiger charge is 2.10. The average Bonchev–Trinajstić information content (AvgIpc) is 2.58. The molecule has 0 saturated heterocycles. The molecule has 3 nitrogen and oxygen atoms in total. The maximum Gasteiger partial charge on any atom is 0.252 e. The molecule has 0 aliphatic heterocycles. The molecule has 0 heterocycles. The lowest BCUT2D eigenvalue weighted by Crippen LogP contribution is -2.27. The molecule has 0 fully saturated rings. The van der Waals surface area contributed by atoms with Crippen LogP contribution in [0.2, 0.25) is 0 Å². The van der Waals surface area contributed by atoms with Gasteiger partial charge in [0.15, 0.2) is 0 Å². The van der Waals surface area contributed by atoms with Gasteiger partial charge in [-0.05, 0) is 44.8 Å². The van der Waals surface area contributed by atoms with Gasteiger partial charge in [-0.1, -0.05) is 42.5 Å². The predicted molar refractivity (Wildman–Crippen MR) is 97.9 cm³/mol. The van der Waals surface area contributed by atoms with Gasteiger partial charge in [0.05, 0.1) is 5.56 Å². The highest BCUT2D eigenvalue weighted by atomic mass is 32.2. The van der Waals surface area contributed by atoms with Crippen LogP contribution in [0, 0.1) is 0 Å². The Hall–Kier alpha value is -1.78. The zero-order chi connectivity index (χ0) is 16.5. The maximum absolute atomic E-state index is 12.4. The number of nitrogens with zero attached hydrogens (tertiary/aromatic N) is 1. The van der Waals surface area contributed by atoms with Gasteiger partial charge in [0.25, 0.3) is 5.91 Å². The number of amides is 1. The van der Waals surface area contributed by atoms with Gasteiger partial charge < -0.3 is 10.2 Å². The van der Waals surface area contributed by atoms with Crippen molar-refractivity contribution < 1.29 is 4.79 Å². The highest BCUT2D eigenvalue weighted by Crippen LogP contribution is 2.26. The lowest BCUT2D eigenvalue weighted by Gasteiger charge is -2.12. The van der Waals surface area contributed by atoms with E-state index < -0.39 is 0 Å². The summed E-state index contributed by atoms with van der Waals surface area (Å²) in [5.74, 6) is 0.881. The third-order valence-corrected chi connectivity index (χ3v) is 4.58. The molecule has 4 heteroatoms. The second kappa shape index (κ2) is 9.38. The zero-order valence-corrected chi connectivity index (χ0v) is 14.6. The van der Waals surface area contributed by atoms with Crippen molar-refractivity contribution in [2.75, 3.05) is 27.2 Å². The fourth-order valence-corrected chi connectivity index (χ4v) is 3.21. The Bertz CT molecular complexity index is 614. The van der Waals surface area contributed by atoms with Crippen LogP contribution in [0.15, 0.2) is 59.5 Å². The third-order valence-electron chi connectivity index (χ3n) is 3.44. The molecule has 0 aromatic heterocycles. The molecule has 2 aromatic rings. The molecule has 23 heavy (non-hydrogen) atoms. The zero-order valence-electron chi connectivity index (χ0n) is 13.8. The molecule has 122 valence electrons.